The van der Waals surface area contributed by atoms with Gasteiger partial charge in [-0.2, -0.15) is 13.2 Å². The maximum Gasteiger partial charge on any atom is 0.428 e. The first-order valence-electron chi connectivity index (χ1n) is 3.82. The number of carbonyl (C=O) groups is 1. The summed E-state index contributed by atoms with van der Waals surface area (Å²) in [4.78, 5) is 10.3. The molecule has 0 aromatic rings. The minimum absolute atomic E-state index is 0.113. The topological polar surface area (TPSA) is 57.5 Å². The van der Waals surface area contributed by atoms with E-state index in [-0.39, 0.29) is 12.8 Å². The van der Waals surface area contributed by atoms with Gasteiger partial charge in [-0.3, -0.25) is 0 Å². The van der Waals surface area contributed by atoms with Crippen LogP contribution < -0.4 is 0 Å². The SMILES string of the molecule is O=C(O)C(O)(C1CCC1)C(F)(F)F. The van der Waals surface area contributed by atoms with Crippen molar-refractivity contribution in [2.75, 3.05) is 0 Å². The summed E-state index contributed by atoms with van der Waals surface area (Å²) in [7, 11) is 0. The molecule has 0 saturated heterocycles. The standard InChI is InChI=1S/C7H9F3O3/c8-7(9,10)6(13,5(11)12)4-2-1-3-4/h4,13H,1-3H2,(H,11,12). The number of hydrogen-bond acceptors (Lipinski definition) is 2. The second kappa shape index (κ2) is 2.87. The van der Waals surface area contributed by atoms with Gasteiger partial charge in [0.25, 0.3) is 5.60 Å². The lowest BCUT2D eigenvalue weighted by Crippen LogP contribution is -2.59. The number of carboxylic acid groups (broad SMARTS) is 1. The Labute approximate surface area is 72.2 Å². The Hall–Kier alpha value is -0.780. The van der Waals surface area contributed by atoms with E-state index in [4.69, 9.17) is 10.2 Å². The number of aliphatic hydroxyl groups is 1. The molecule has 6 heteroatoms. The lowest BCUT2D eigenvalue weighted by atomic mass is 9.72. The Morgan fingerprint density at radius 1 is 1.31 bits per heavy atom. The van der Waals surface area contributed by atoms with Crippen LogP contribution in [-0.2, 0) is 4.79 Å². The van der Waals surface area contributed by atoms with E-state index in [1.165, 1.54) is 0 Å². The molecule has 0 aromatic heterocycles. The van der Waals surface area contributed by atoms with Gasteiger partial charge < -0.3 is 10.2 Å². The van der Waals surface area contributed by atoms with Gasteiger partial charge in [-0.15, -0.1) is 0 Å². The van der Waals surface area contributed by atoms with Crippen molar-refractivity contribution < 1.29 is 28.2 Å². The molecule has 1 unspecified atom stereocenters. The predicted molar refractivity (Wildman–Crippen MR) is 36.0 cm³/mol. The molecule has 0 aromatic carbocycles. The third kappa shape index (κ3) is 1.39. The van der Waals surface area contributed by atoms with E-state index in [9.17, 15) is 18.0 Å². The number of alkyl halides is 3. The molecule has 0 heterocycles. The summed E-state index contributed by atoms with van der Waals surface area (Å²) in [6.45, 7) is 0. The Morgan fingerprint density at radius 3 is 1.85 bits per heavy atom. The predicted octanol–water partition coefficient (Wildman–Crippen LogP) is 1.16. The van der Waals surface area contributed by atoms with Crippen LogP contribution in [0.2, 0.25) is 0 Å². The van der Waals surface area contributed by atoms with Crippen LogP contribution in [0.3, 0.4) is 0 Å². The Balaban J connectivity index is 2.93. The van der Waals surface area contributed by atoms with Crippen LogP contribution >= 0.6 is 0 Å². The lowest BCUT2D eigenvalue weighted by molar-refractivity contribution is -0.283. The van der Waals surface area contributed by atoms with E-state index in [1.54, 1.807) is 0 Å². The lowest BCUT2D eigenvalue weighted by Gasteiger charge is -2.38. The molecule has 1 saturated carbocycles. The van der Waals surface area contributed by atoms with Crippen molar-refractivity contribution in [2.24, 2.45) is 5.92 Å². The normalized spacial score (nSPS) is 23.4. The van der Waals surface area contributed by atoms with Crippen LogP contribution in [0, 0.1) is 5.92 Å². The monoisotopic (exact) mass is 198 g/mol. The Bertz CT molecular complexity index is 222. The van der Waals surface area contributed by atoms with Gasteiger partial charge in [0.15, 0.2) is 0 Å². The van der Waals surface area contributed by atoms with Gasteiger partial charge in [-0.1, -0.05) is 6.42 Å². The minimum Gasteiger partial charge on any atom is -0.479 e. The molecule has 3 nitrogen and oxygen atoms in total. The molecule has 76 valence electrons. The van der Waals surface area contributed by atoms with Gasteiger partial charge in [0.1, 0.15) is 0 Å². The van der Waals surface area contributed by atoms with E-state index >= 15 is 0 Å². The van der Waals surface area contributed by atoms with Gasteiger partial charge >= 0.3 is 12.1 Å². The molecule has 13 heavy (non-hydrogen) atoms. The molecule has 0 amide bonds. The number of aliphatic carboxylic acids is 1. The first-order valence-corrected chi connectivity index (χ1v) is 3.82. The summed E-state index contributed by atoms with van der Waals surface area (Å²) in [5.41, 5.74) is -3.55. The van der Waals surface area contributed by atoms with Crippen molar-refractivity contribution >= 4 is 5.97 Å². The highest BCUT2D eigenvalue weighted by Gasteiger charge is 2.65. The largest absolute Gasteiger partial charge is 0.479 e. The van der Waals surface area contributed by atoms with Crippen molar-refractivity contribution in [3.63, 3.8) is 0 Å². The molecule has 1 fully saturated rings. The Morgan fingerprint density at radius 2 is 1.77 bits per heavy atom. The second-order valence-electron chi connectivity index (χ2n) is 3.20. The highest BCUT2D eigenvalue weighted by molar-refractivity contribution is 5.79. The smallest absolute Gasteiger partial charge is 0.428 e. The van der Waals surface area contributed by atoms with Crippen LogP contribution in [0.1, 0.15) is 19.3 Å². The van der Waals surface area contributed by atoms with Gasteiger partial charge in [0.05, 0.1) is 0 Å². The highest BCUT2D eigenvalue weighted by Crippen LogP contribution is 2.45. The van der Waals surface area contributed by atoms with Gasteiger partial charge in [-0.25, -0.2) is 4.79 Å². The summed E-state index contributed by atoms with van der Waals surface area (Å²) in [5.74, 6) is -3.39. The summed E-state index contributed by atoms with van der Waals surface area (Å²) in [5, 5.41) is 17.4. The number of hydrogen-bond donors (Lipinski definition) is 2. The average Bonchev–Trinajstić information content (AvgIpc) is 1.79. The fourth-order valence-corrected chi connectivity index (χ4v) is 1.35. The molecule has 1 rings (SSSR count). The van der Waals surface area contributed by atoms with E-state index in [0.29, 0.717) is 6.42 Å². The summed E-state index contributed by atoms with van der Waals surface area (Å²) in [6, 6.07) is 0. The van der Waals surface area contributed by atoms with Crippen molar-refractivity contribution in [2.45, 2.75) is 31.0 Å². The Kier molecular flexibility index (Phi) is 2.27. The molecule has 0 aliphatic heterocycles. The van der Waals surface area contributed by atoms with Crippen molar-refractivity contribution in [3.8, 4) is 0 Å². The van der Waals surface area contributed by atoms with Crippen LogP contribution in [0.15, 0.2) is 0 Å². The van der Waals surface area contributed by atoms with Crippen molar-refractivity contribution in [1.29, 1.82) is 0 Å². The summed E-state index contributed by atoms with van der Waals surface area (Å²) < 4.78 is 36.6. The molecule has 0 radical (unpaired) electrons. The number of halogens is 3. The third-order valence-electron chi connectivity index (χ3n) is 2.45. The van der Waals surface area contributed by atoms with Gasteiger partial charge in [0.2, 0.25) is 0 Å². The average molecular weight is 198 g/mol. The molecule has 2 N–H and O–H groups in total. The quantitative estimate of drug-likeness (QED) is 0.700. The number of rotatable bonds is 2. The van der Waals surface area contributed by atoms with Crippen LogP contribution in [0.4, 0.5) is 13.2 Å². The fraction of sp³-hybridized carbons (Fsp3) is 0.857. The highest BCUT2D eigenvalue weighted by atomic mass is 19.4. The van der Waals surface area contributed by atoms with Crippen molar-refractivity contribution in [1.82, 2.24) is 0 Å². The summed E-state index contributed by atoms with van der Waals surface area (Å²) in [6.07, 6.45) is -4.33. The maximum absolute atomic E-state index is 12.2. The van der Waals surface area contributed by atoms with Gasteiger partial charge in [-0.05, 0) is 12.8 Å². The van der Waals surface area contributed by atoms with Crippen LogP contribution in [0.5, 0.6) is 0 Å². The zero-order valence-corrected chi connectivity index (χ0v) is 6.64. The minimum atomic E-state index is -5.09. The second-order valence-corrected chi connectivity index (χ2v) is 3.20. The molecule has 0 spiro atoms. The first kappa shape index (κ1) is 10.3. The molecule has 1 aliphatic carbocycles. The molecular formula is C7H9F3O3. The number of carboxylic acids is 1. The fourth-order valence-electron chi connectivity index (χ4n) is 1.35. The third-order valence-corrected chi connectivity index (χ3v) is 2.45. The van der Waals surface area contributed by atoms with E-state index < -0.39 is 23.7 Å². The van der Waals surface area contributed by atoms with Crippen LogP contribution in [0.25, 0.3) is 0 Å². The molecule has 1 atom stereocenters. The molecule has 0 bridgehead atoms. The van der Waals surface area contributed by atoms with E-state index in [1.807, 2.05) is 0 Å². The maximum atomic E-state index is 12.2. The van der Waals surface area contributed by atoms with Crippen molar-refractivity contribution in [3.05, 3.63) is 0 Å². The molecular weight excluding hydrogens is 189 g/mol. The van der Waals surface area contributed by atoms with Crippen LogP contribution in [-0.4, -0.2) is 28.0 Å². The van der Waals surface area contributed by atoms with E-state index in [2.05, 4.69) is 0 Å². The molecule has 1 aliphatic rings. The summed E-state index contributed by atoms with van der Waals surface area (Å²) >= 11 is 0. The van der Waals surface area contributed by atoms with E-state index in [0.717, 1.165) is 0 Å². The zero-order valence-electron chi connectivity index (χ0n) is 6.64. The first-order chi connectivity index (χ1) is 5.80. The zero-order chi connectivity index (χ0) is 10.3. The van der Waals surface area contributed by atoms with Gasteiger partial charge in [0, 0.05) is 5.92 Å².